The van der Waals surface area contributed by atoms with Gasteiger partial charge < -0.3 is 45.5 Å². The lowest BCUT2D eigenvalue weighted by Gasteiger charge is -2.16. The molecule has 2 aromatic rings. The third-order valence-corrected chi connectivity index (χ3v) is 8.33. The number of nitrogens with one attached hydrogen (secondary N) is 5. The highest BCUT2D eigenvalue weighted by atomic mass is 16.5. The van der Waals surface area contributed by atoms with Crippen molar-refractivity contribution in [2.75, 3.05) is 77.5 Å². The van der Waals surface area contributed by atoms with Crippen molar-refractivity contribution in [3.8, 4) is 11.1 Å². The van der Waals surface area contributed by atoms with Crippen LogP contribution in [-0.4, -0.2) is 96.6 Å². The highest BCUT2D eigenvalue weighted by molar-refractivity contribution is 5.94. The van der Waals surface area contributed by atoms with Crippen LogP contribution in [0, 0.1) is 0 Å². The predicted molar refractivity (Wildman–Crippen MR) is 198 cm³/mol. The number of hydrogen-bond donors (Lipinski definition) is 5. The molecule has 0 heterocycles. The van der Waals surface area contributed by atoms with E-state index in [0.29, 0.717) is 70.3 Å². The molecule has 0 spiro atoms. The third kappa shape index (κ3) is 15.0. The van der Waals surface area contributed by atoms with Gasteiger partial charge in [0.2, 0.25) is 23.6 Å². The van der Waals surface area contributed by atoms with Crippen LogP contribution in [0.5, 0.6) is 0 Å². The van der Waals surface area contributed by atoms with Gasteiger partial charge in [0.05, 0.1) is 13.2 Å². The SMILES string of the molecule is CCCCOCCNC(=O)CCCC(=O)Nc1ccc2c(c1)C(COC(=O)NC)c1cc(NC(=O)CCCC(=O)NCCOCCCOC)ccc1-2. The highest BCUT2D eigenvalue weighted by Gasteiger charge is 2.31. The first-order chi connectivity index (χ1) is 25.2. The molecule has 0 saturated carbocycles. The van der Waals surface area contributed by atoms with Gasteiger partial charge in [0.1, 0.15) is 6.61 Å². The Hall–Kier alpha value is -4.53. The second-order valence-corrected chi connectivity index (χ2v) is 12.4. The van der Waals surface area contributed by atoms with E-state index in [2.05, 4.69) is 33.5 Å². The first-order valence-electron chi connectivity index (χ1n) is 18.2. The van der Waals surface area contributed by atoms with Gasteiger partial charge in [-0.2, -0.15) is 0 Å². The zero-order chi connectivity index (χ0) is 37.6. The molecule has 1 unspecified atom stereocenters. The molecule has 0 aliphatic heterocycles. The van der Waals surface area contributed by atoms with E-state index in [1.807, 2.05) is 36.4 Å². The van der Waals surface area contributed by atoms with Crippen LogP contribution in [0.2, 0.25) is 0 Å². The monoisotopic (exact) mass is 725 g/mol. The standard InChI is InChI=1S/C38H55N5O9/c1-4-5-20-50-22-17-40-34(44)9-6-11-36(46)42-27-13-15-29-30-16-14-28(25-32(30)33(31(29)24-27)26-52-38(48)39-2)43-37(47)12-7-10-35(45)41-18-23-51-21-8-19-49-3/h13-16,24-25,33H,4-12,17-23,26H2,1-3H3,(H,39,48)(H,40,44)(H,41,45)(H,42,46)(H,43,47). The van der Waals surface area contributed by atoms with Gasteiger partial charge in [0, 0.05) is 90.0 Å². The van der Waals surface area contributed by atoms with Crippen molar-refractivity contribution in [2.45, 2.75) is 70.6 Å². The maximum atomic E-state index is 12.8. The van der Waals surface area contributed by atoms with Crippen LogP contribution in [0.4, 0.5) is 16.2 Å². The van der Waals surface area contributed by atoms with Crippen molar-refractivity contribution < 1.29 is 42.9 Å². The first kappa shape index (κ1) is 41.9. The summed E-state index contributed by atoms with van der Waals surface area (Å²) in [5, 5.41) is 13.9. The number of fused-ring (bicyclic) bond motifs is 3. The molecule has 286 valence electrons. The highest BCUT2D eigenvalue weighted by Crippen LogP contribution is 2.47. The summed E-state index contributed by atoms with van der Waals surface area (Å²) in [7, 11) is 3.12. The van der Waals surface area contributed by atoms with E-state index in [1.54, 1.807) is 7.11 Å². The number of carbonyl (C=O) groups excluding carboxylic acids is 5. The number of rotatable bonds is 25. The fraction of sp³-hybridized carbons (Fsp3) is 0.553. The zero-order valence-electron chi connectivity index (χ0n) is 30.7. The minimum atomic E-state index is -0.574. The van der Waals surface area contributed by atoms with Gasteiger partial charge in [-0.3, -0.25) is 19.2 Å². The van der Waals surface area contributed by atoms with Crippen molar-refractivity contribution in [2.24, 2.45) is 0 Å². The summed E-state index contributed by atoms with van der Waals surface area (Å²) in [6.07, 6.45) is 3.87. The van der Waals surface area contributed by atoms with E-state index in [-0.39, 0.29) is 61.8 Å². The average Bonchev–Trinajstić information content (AvgIpc) is 3.43. The molecule has 0 radical (unpaired) electrons. The first-order valence-corrected chi connectivity index (χ1v) is 18.2. The molecule has 14 nitrogen and oxygen atoms in total. The van der Waals surface area contributed by atoms with Gasteiger partial charge >= 0.3 is 6.09 Å². The van der Waals surface area contributed by atoms with Crippen molar-refractivity contribution in [1.29, 1.82) is 0 Å². The van der Waals surface area contributed by atoms with E-state index in [9.17, 15) is 24.0 Å². The molecule has 1 atom stereocenters. The number of alkyl carbamates (subject to hydrolysis) is 1. The summed E-state index contributed by atoms with van der Waals surface area (Å²) >= 11 is 0. The Morgan fingerprint density at radius 2 is 1.13 bits per heavy atom. The largest absolute Gasteiger partial charge is 0.449 e. The van der Waals surface area contributed by atoms with Crippen LogP contribution in [0.25, 0.3) is 11.1 Å². The molecule has 3 rings (SSSR count). The lowest BCUT2D eigenvalue weighted by Crippen LogP contribution is -2.27. The molecule has 0 aromatic heterocycles. The van der Waals surface area contributed by atoms with Crippen LogP contribution in [0.3, 0.4) is 0 Å². The summed E-state index contributed by atoms with van der Waals surface area (Å²) in [5.41, 5.74) is 4.76. The Balaban J connectivity index is 1.52. The molecule has 2 aromatic carbocycles. The molecule has 14 heteroatoms. The third-order valence-electron chi connectivity index (χ3n) is 8.33. The lowest BCUT2D eigenvalue weighted by atomic mass is 9.97. The quantitative estimate of drug-likeness (QED) is 0.0923. The van der Waals surface area contributed by atoms with Gasteiger partial charge in [-0.15, -0.1) is 0 Å². The minimum absolute atomic E-state index is 0.0422. The van der Waals surface area contributed by atoms with E-state index >= 15 is 0 Å². The van der Waals surface area contributed by atoms with Crippen LogP contribution in [0.15, 0.2) is 36.4 Å². The Morgan fingerprint density at radius 3 is 1.62 bits per heavy atom. The van der Waals surface area contributed by atoms with Crippen molar-refractivity contribution >= 4 is 41.1 Å². The van der Waals surface area contributed by atoms with Gasteiger partial charge in [-0.25, -0.2) is 4.79 Å². The fourth-order valence-corrected chi connectivity index (χ4v) is 5.65. The second-order valence-electron chi connectivity index (χ2n) is 12.4. The molecule has 1 aliphatic carbocycles. The number of ether oxygens (including phenoxy) is 4. The smallest absolute Gasteiger partial charge is 0.406 e. The average molecular weight is 726 g/mol. The Bertz CT molecular complexity index is 1470. The van der Waals surface area contributed by atoms with Gasteiger partial charge in [-0.05, 0) is 72.2 Å². The van der Waals surface area contributed by atoms with Crippen molar-refractivity contribution in [3.63, 3.8) is 0 Å². The van der Waals surface area contributed by atoms with Crippen LogP contribution < -0.4 is 26.6 Å². The van der Waals surface area contributed by atoms with Gasteiger partial charge in [0.15, 0.2) is 0 Å². The summed E-state index contributed by atoms with van der Waals surface area (Å²) in [6.45, 7) is 5.75. The molecule has 52 heavy (non-hydrogen) atoms. The molecule has 0 saturated heterocycles. The summed E-state index contributed by atoms with van der Waals surface area (Å²) < 4.78 is 21.3. The molecule has 5 amide bonds. The Morgan fingerprint density at radius 1 is 0.635 bits per heavy atom. The molecule has 1 aliphatic rings. The number of carbonyl (C=O) groups is 5. The molecule has 0 fully saturated rings. The molecular weight excluding hydrogens is 670 g/mol. The number of anilines is 2. The maximum absolute atomic E-state index is 12.8. The molecule has 5 N–H and O–H groups in total. The van der Waals surface area contributed by atoms with Gasteiger partial charge in [-0.1, -0.05) is 25.5 Å². The van der Waals surface area contributed by atoms with Crippen molar-refractivity contribution in [3.05, 3.63) is 47.5 Å². The predicted octanol–water partition coefficient (Wildman–Crippen LogP) is 4.47. The number of hydrogen-bond acceptors (Lipinski definition) is 9. The number of benzene rings is 2. The fourth-order valence-electron chi connectivity index (χ4n) is 5.65. The van der Waals surface area contributed by atoms with Crippen LogP contribution in [0.1, 0.15) is 81.8 Å². The lowest BCUT2D eigenvalue weighted by molar-refractivity contribution is -0.122. The van der Waals surface area contributed by atoms with E-state index in [4.69, 9.17) is 18.9 Å². The second kappa shape index (κ2) is 23.8. The van der Waals surface area contributed by atoms with E-state index in [1.165, 1.54) is 7.05 Å². The van der Waals surface area contributed by atoms with E-state index in [0.717, 1.165) is 41.5 Å². The zero-order valence-corrected chi connectivity index (χ0v) is 30.7. The van der Waals surface area contributed by atoms with E-state index < -0.39 is 6.09 Å². The normalized spacial score (nSPS) is 12.7. The maximum Gasteiger partial charge on any atom is 0.406 e. The van der Waals surface area contributed by atoms with Crippen molar-refractivity contribution in [1.82, 2.24) is 16.0 Å². The molecule has 0 bridgehead atoms. The van der Waals surface area contributed by atoms with Crippen LogP contribution >= 0.6 is 0 Å². The topological polar surface area (TPSA) is 182 Å². The number of unbranched alkanes of at least 4 members (excludes halogenated alkanes) is 1. The number of methoxy groups -OCH3 is 1. The molecular formula is C38H55N5O9. The summed E-state index contributed by atoms with van der Waals surface area (Å²) in [5.74, 6) is -1.04. The summed E-state index contributed by atoms with van der Waals surface area (Å²) in [4.78, 5) is 61.8. The number of amides is 5. The minimum Gasteiger partial charge on any atom is -0.449 e. The Labute approximate surface area is 306 Å². The van der Waals surface area contributed by atoms with Crippen LogP contribution in [-0.2, 0) is 38.1 Å². The summed E-state index contributed by atoms with van der Waals surface area (Å²) in [6, 6.07) is 11.2. The van der Waals surface area contributed by atoms with Gasteiger partial charge in [0.25, 0.3) is 0 Å². The Kier molecular flexibility index (Phi) is 19.2.